The van der Waals surface area contributed by atoms with E-state index in [4.69, 9.17) is 4.74 Å². The van der Waals surface area contributed by atoms with Gasteiger partial charge in [-0.25, -0.2) is 0 Å². The molecule has 2 heterocycles. The lowest BCUT2D eigenvalue weighted by Gasteiger charge is -2.47. The van der Waals surface area contributed by atoms with Crippen molar-refractivity contribution in [3.05, 3.63) is 41.0 Å². The Morgan fingerprint density at radius 2 is 1.90 bits per heavy atom. The van der Waals surface area contributed by atoms with Gasteiger partial charge in [0, 0.05) is 38.6 Å². The molecule has 0 aromatic heterocycles. The maximum absolute atomic E-state index is 12.8. The molecule has 0 spiro atoms. The number of likely N-dealkylation sites (tertiary alicyclic amines) is 2. The fraction of sp³-hybridized carbons (Fsp3) is 0.667. The van der Waals surface area contributed by atoms with Crippen LogP contribution in [0.4, 0.5) is 0 Å². The highest BCUT2D eigenvalue weighted by molar-refractivity contribution is 5.77. The Kier molecular flexibility index (Phi) is 6.76. The molecule has 0 N–H and O–H groups in total. The van der Waals surface area contributed by atoms with Gasteiger partial charge in [0.05, 0.1) is 7.11 Å². The summed E-state index contributed by atoms with van der Waals surface area (Å²) in [6.45, 7) is 11.4. The number of carbonyl (C=O) groups excluding carboxylic acids is 1. The predicted molar refractivity (Wildman–Crippen MR) is 126 cm³/mol. The van der Waals surface area contributed by atoms with Gasteiger partial charge < -0.3 is 14.5 Å². The highest BCUT2D eigenvalue weighted by Crippen LogP contribution is 2.42. The van der Waals surface area contributed by atoms with E-state index in [1.807, 2.05) is 12.1 Å². The normalized spacial score (nSPS) is 26.7. The summed E-state index contributed by atoms with van der Waals surface area (Å²) in [5, 5.41) is 0. The minimum absolute atomic E-state index is 0.329. The summed E-state index contributed by atoms with van der Waals surface area (Å²) < 4.78 is 5.27. The van der Waals surface area contributed by atoms with Crippen LogP contribution in [0.2, 0.25) is 0 Å². The molecule has 31 heavy (non-hydrogen) atoms. The number of hydrogen-bond acceptors (Lipinski definition) is 3. The van der Waals surface area contributed by atoms with Crippen LogP contribution in [-0.4, -0.2) is 48.5 Å². The lowest BCUT2D eigenvalue weighted by molar-refractivity contribution is -0.142. The summed E-state index contributed by atoms with van der Waals surface area (Å²) in [7, 11) is 1.69. The van der Waals surface area contributed by atoms with Crippen LogP contribution in [0.3, 0.4) is 0 Å². The Balaban J connectivity index is 1.36. The molecule has 0 saturated carbocycles. The lowest BCUT2D eigenvalue weighted by Crippen LogP contribution is -2.55. The standard InChI is InChI=1S/C27H40N2O2/c1-20-6-5-15-27(2,3)24(20)13-16-28-17-14-25-22(19-28)9-12-26(30)29(25)18-21-7-10-23(31-4)11-8-21/h7-8,10-11,22,25H,5-6,9,12-19H2,1-4H3/t22-,25+/m0/s1. The lowest BCUT2D eigenvalue weighted by atomic mass is 9.71. The topological polar surface area (TPSA) is 32.8 Å². The van der Waals surface area contributed by atoms with Gasteiger partial charge in [-0.05, 0) is 74.5 Å². The Morgan fingerprint density at radius 1 is 1.13 bits per heavy atom. The number of nitrogens with zero attached hydrogens (tertiary/aromatic N) is 2. The molecule has 2 aliphatic heterocycles. The molecule has 2 atom stereocenters. The second-order valence-electron chi connectivity index (χ2n) is 10.6. The van der Waals surface area contributed by atoms with Crippen LogP contribution in [0, 0.1) is 11.3 Å². The van der Waals surface area contributed by atoms with Crippen molar-refractivity contribution in [1.29, 1.82) is 0 Å². The van der Waals surface area contributed by atoms with Crippen molar-refractivity contribution in [2.75, 3.05) is 26.7 Å². The van der Waals surface area contributed by atoms with E-state index in [-0.39, 0.29) is 0 Å². The van der Waals surface area contributed by atoms with Crippen molar-refractivity contribution in [3.63, 3.8) is 0 Å². The molecule has 170 valence electrons. The van der Waals surface area contributed by atoms with Crippen molar-refractivity contribution >= 4 is 5.91 Å². The van der Waals surface area contributed by atoms with E-state index >= 15 is 0 Å². The van der Waals surface area contributed by atoms with Gasteiger partial charge in [-0.2, -0.15) is 0 Å². The van der Waals surface area contributed by atoms with Crippen molar-refractivity contribution in [2.24, 2.45) is 11.3 Å². The molecule has 2 fully saturated rings. The average molecular weight is 425 g/mol. The van der Waals surface area contributed by atoms with Gasteiger partial charge in [-0.1, -0.05) is 37.1 Å². The summed E-state index contributed by atoms with van der Waals surface area (Å²) in [6.07, 6.45) is 8.01. The molecule has 4 nitrogen and oxygen atoms in total. The Labute approximate surface area is 188 Å². The van der Waals surface area contributed by atoms with E-state index in [2.05, 4.69) is 42.7 Å². The maximum atomic E-state index is 12.8. The number of ether oxygens (including phenoxy) is 1. The quantitative estimate of drug-likeness (QED) is 0.571. The van der Waals surface area contributed by atoms with Crippen molar-refractivity contribution < 1.29 is 9.53 Å². The minimum atomic E-state index is 0.329. The first-order chi connectivity index (χ1) is 14.9. The fourth-order valence-corrected chi connectivity index (χ4v) is 6.26. The van der Waals surface area contributed by atoms with Crippen molar-refractivity contribution in [2.45, 2.75) is 78.3 Å². The van der Waals surface area contributed by atoms with Gasteiger partial charge in [-0.15, -0.1) is 0 Å². The third-order valence-electron chi connectivity index (χ3n) is 8.10. The van der Waals surface area contributed by atoms with Crippen LogP contribution in [0.25, 0.3) is 0 Å². The summed E-state index contributed by atoms with van der Waals surface area (Å²) in [4.78, 5) is 17.6. The van der Waals surface area contributed by atoms with Crippen LogP contribution in [0.5, 0.6) is 5.75 Å². The Morgan fingerprint density at radius 3 is 2.61 bits per heavy atom. The zero-order chi connectivity index (χ0) is 22.0. The molecule has 4 rings (SSSR count). The summed E-state index contributed by atoms with van der Waals surface area (Å²) in [6, 6.07) is 8.56. The number of carbonyl (C=O) groups is 1. The molecule has 2 saturated heterocycles. The number of benzene rings is 1. The Hall–Kier alpha value is -1.81. The molecule has 0 unspecified atom stereocenters. The molecule has 1 aliphatic carbocycles. The predicted octanol–water partition coefficient (Wildman–Crippen LogP) is 5.42. The molecule has 1 amide bonds. The summed E-state index contributed by atoms with van der Waals surface area (Å²) in [5.74, 6) is 1.81. The Bertz CT molecular complexity index is 811. The first-order valence-electron chi connectivity index (χ1n) is 12.2. The molecule has 3 aliphatic rings. The minimum Gasteiger partial charge on any atom is -0.497 e. The molecule has 0 radical (unpaired) electrons. The highest BCUT2D eigenvalue weighted by atomic mass is 16.5. The zero-order valence-corrected chi connectivity index (χ0v) is 20.0. The third kappa shape index (κ3) is 5.00. The number of hydrogen-bond donors (Lipinski definition) is 0. The van der Waals surface area contributed by atoms with Crippen LogP contribution < -0.4 is 4.74 Å². The van der Waals surface area contributed by atoms with Crippen LogP contribution >= 0.6 is 0 Å². The largest absolute Gasteiger partial charge is 0.497 e. The van der Waals surface area contributed by atoms with Crippen LogP contribution in [0.15, 0.2) is 35.4 Å². The highest BCUT2D eigenvalue weighted by Gasteiger charge is 2.39. The van der Waals surface area contributed by atoms with Gasteiger partial charge in [0.1, 0.15) is 5.75 Å². The molecule has 1 aromatic rings. The van der Waals surface area contributed by atoms with E-state index in [1.54, 1.807) is 18.3 Å². The first-order valence-corrected chi connectivity index (χ1v) is 12.2. The van der Waals surface area contributed by atoms with E-state index in [9.17, 15) is 4.79 Å². The van der Waals surface area contributed by atoms with E-state index < -0.39 is 0 Å². The number of fused-ring (bicyclic) bond motifs is 1. The fourth-order valence-electron chi connectivity index (χ4n) is 6.26. The van der Waals surface area contributed by atoms with Crippen LogP contribution in [-0.2, 0) is 11.3 Å². The van der Waals surface area contributed by atoms with Gasteiger partial charge in [0.25, 0.3) is 0 Å². The van der Waals surface area contributed by atoms with E-state index in [0.717, 1.165) is 38.2 Å². The SMILES string of the molecule is COc1ccc(CN2C(=O)CC[C@H]3CN(CCC4=C(C)CCCC4(C)C)CC[C@H]32)cc1. The zero-order valence-electron chi connectivity index (χ0n) is 20.0. The third-order valence-corrected chi connectivity index (χ3v) is 8.10. The average Bonchev–Trinajstić information content (AvgIpc) is 2.75. The molecule has 4 heteroatoms. The van der Waals surface area contributed by atoms with Gasteiger partial charge in [0.2, 0.25) is 5.91 Å². The van der Waals surface area contributed by atoms with Crippen molar-refractivity contribution in [3.8, 4) is 5.75 Å². The molecule has 0 bridgehead atoms. The summed E-state index contributed by atoms with van der Waals surface area (Å²) >= 11 is 0. The number of rotatable bonds is 6. The van der Waals surface area contributed by atoms with Gasteiger partial charge in [-0.3, -0.25) is 4.79 Å². The van der Waals surface area contributed by atoms with E-state index in [1.165, 1.54) is 37.8 Å². The van der Waals surface area contributed by atoms with Crippen molar-refractivity contribution in [1.82, 2.24) is 9.80 Å². The smallest absolute Gasteiger partial charge is 0.223 e. The van der Waals surface area contributed by atoms with Gasteiger partial charge in [0.15, 0.2) is 0 Å². The monoisotopic (exact) mass is 424 g/mol. The first kappa shape index (κ1) is 22.4. The van der Waals surface area contributed by atoms with Crippen LogP contribution in [0.1, 0.15) is 71.3 Å². The second-order valence-corrected chi connectivity index (χ2v) is 10.6. The number of piperidine rings is 2. The maximum Gasteiger partial charge on any atom is 0.223 e. The molecule has 1 aromatic carbocycles. The molecular formula is C27H40N2O2. The molecular weight excluding hydrogens is 384 g/mol. The number of methoxy groups -OCH3 is 1. The second kappa shape index (κ2) is 9.36. The van der Waals surface area contributed by atoms with Gasteiger partial charge >= 0.3 is 0 Å². The number of amides is 1. The summed E-state index contributed by atoms with van der Waals surface area (Å²) in [5.41, 5.74) is 4.91. The number of allylic oxidation sites excluding steroid dienone is 1. The van der Waals surface area contributed by atoms with E-state index in [0.29, 0.717) is 29.7 Å².